The van der Waals surface area contributed by atoms with Crippen LogP contribution in [-0.2, 0) is 16.4 Å². The molecule has 29 heavy (non-hydrogen) atoms. The van der Waals surface area contributed by atoms with Gasteiger partial charge in [0, 0.05) is 12.6 Å². The van der Waals surface area contributed by atoms with Crippen molar-refractivity contribution in [1.29, 1.82) is 0 Å². The molecule has 0 radical (unpaired) electrons. The molecule has 156 valence electrons. The van der Waals surface area contributed by atoms with E-state index in [4.69, 9.17) is 23.2 Å². The van der Waals surface area contributed by atoms with Crippen LogP contribution in [0.4, 0.5) is 0 Å². The highest BCUT2D eigenvalue weighted by Crippen LogP contribution is 2.30. The Bertz CT molecular complexity index is 1040. The maximum Gasteiger partial charge on any atom is 0.252 e. The molecule has 0 unspecified atom stereocenters. The van der Waals surface area contributed by atoms with Crippen molar-refractivity contribution in [2.45, 2.75) is 51.0 Å². The van der Waals surface area contributed by atoms with Crippen molar-refractivity contribution >= 4 is 39.1 Å². The Morgan fingerprint density at radius 3 is 2.24 bits per heavy atom. The molecule has 0 aromatic heterocycles. The number of halogens is 2. The minimum absolute atomic E-state index is 0.00870. The number of carbonyl (C=O) groups excluding carboxylic acids is 1. The third-order valence-electron chi connectivity index (χ3n) is 4.96. The van der Waals surface area contributed by atoms with E-state index in [1.54, 1.807) is 0 Å². The summed E-state index contributed by atoms with van der Waals surface area (Å²) in [5, 5.41) is 2.93. The van der Waals surface area contributed by atoms with Gasteiger partial charge in [-0.25, -0.2) is 13.1 Å². The average molecular weight is 455 g/mol. The number of aryl methyl sites for hydroxylation is 3. The SMILES string of the molecule is Cc1cc(C)c(CCNC(=O)c2cc(S(=O)(=O)NC3CC3)c(Cl)cc2Cl)c(C)c1. The monoisotopic (exact) mass is 454 g/mol. The molecule has 1 fully saturated rings. The largest absolute Gasteiger partial charge is 0.352 e. The number of hydrogen-bond donors (Lipinski definition) is 2. The summed E-state index contributed by atoms with van der Waals surface area (Å²) in [7, 11) is -3.80. The number of rotatable bonds is 7. The minimum atomic E-state index is -3.80. The summed E-state index contributed by atoms with van der Waals surface area (Å²) >= 11 is 12.3. The second kappa shape index (κ2) is 8.64. The van der Waals surface area contributed by atoms with Crippen molar-refractivity contribution in [3.05, 3.63) is 62.1 Å². The van der Waals surface area contributed by atoms with Gasteiger partial charge in [-0.3, -0.25) is 4.79 Å². The van der Waals surface area contributed by atoms with Crippen LogP contribution in [0.5, 0.6) is 0 Å². The molecule has 8 heteroatoms. The number of nitrogens with one attached hydrogen (secondary N) is 2. The topological polar surface area (TPSA) is 75.3 Å². The van der Waals surface area contributed by atoms with Crippen LogP contribution in [0, 0.1) is 20.8 Å². The lowest BCUT2D eigenvalue weighted by Gasteiger charge is -2.14. The summed E-state index contributed by atoms with van der Waals surface area (Å²) in [6.45, 7) is 6.57. The Morgan fingerprint density at radius 1 is 1.03 bits per heavy atom. The summed E-state index contributed by atoms with van der Waals surface area (Å²) in [5.74, 6) is -0.433. The first-order valence-electron chi connectivity index (χ1n) is 9.45. The molecule has 0 spiro atoms. The number of sulfonamides is 1. The summed E-state index contributed by atoms with van der Waals surface area (Å²) in [6.07, 6.45) is 2.27. The third-order valence-corrected chi connectivity index (χ3v) is 7.25. The standard InChI is InChI=1S/C21H24Cl2N2O3S/c1-12-8-13(2)16(14(3)9-12)6-7-24-21(26)17-10-20(19(23)11-18(17)22)29(27,28)25-15-4-5-15/h8-11,15,25H,4-7H2,1-3H3,(H,24,26). The van der Waals surface area contributed by atoms with Crippen molar-refractivity contribution in [2.24, 2.45) is 0 Å². The molecule has 3 rings (SSSR count). The maximum atomic E-state index is 12.7. The van der Waals surface area contributed by atoms with Crippen LogP contribution in [0.25, 0.3) is 0 Å². The van der Waals surface area contributed by atoms with Gasteiger partial charge in [0.05, 0.1) is 15.6 Å². The van der Waals surface area contributed by atoms with E-state index < -0.39 is 15.9 Å². The lowest BCUT2D eigenvalue weighted by Crippen LogP contribution is -2.28. The van der Waals surface area contributed by atoms with E-state index in [0.29, 0.717) is 13.0 Å². The average Bonchev–Trinajstić information content (AvgIpc) is 3.40. The highest BCUT2D eigenvalue weighted by molar-refractivity contribution is 7.89. The zero-order chi connectivity index (χ0) is 21.3. The van der Waals surface area contributed by atoms with Crippen molar-refractivity contribution in [3.8, 4) is 0 Å². The molecule has 2 aromatic rings. The van der Waals surface area contributed by atoms with Crippen LogP contribution in [0.3, 0.4) is 0 Å². The molecule has 0 saturated heterocycles. The summed E-state index contributed by atoms with van der Waals surface area (Å²) < 4.78 is 27.6. The molecular weight excluding hydrogens is 431 g/mol. The van der Waals surface area contributed by atoms with Crippen LogP contribution in [0.15, 0.2) is 29.2 Å². The number of benzene rings is 2. The fourth-order valence-electron chi connectivity index (χ4n) is 3.39. The van der Waals surface area contributed by atoms with Gasteiger partial charge in [-0.1, -0.05) is 40.9 Å². The van der Waals surface area contributed by atoms with Gasteiger partial charge in [-0.05, 0) is 68.9 Å². The number of hydrogen-bond acceptors (Lipinski definition) is 3. The van der Waals surface area contributed by atoms with Gasteiger partial charge in [0.25, 0.3) is 5.91 Å². The Hall–Kier alpha value is -1.60. The second-order valence-corrected chi connectivity index (χ2v) is 10.0. The Balaban J connectivity index is 1.75. The highest BCUT2D eigenvalue weighted by Gasteiger charge is 2.30. The summed E-state index contributed by atoms with van der Waals surface area (Å²) in [6, 6.07) is 6.71. The molecule has 1 saturated carbocycles. The van der Waals surface area contributed by atoms with Crippen LogP contribution < -0.4 is 10.0 Å². The van der Waals surface area contributed by atoms with E-state index in [9.17, 15) is 13.2 Å². The predicted octanol–water partition coefficient (Wildman–Crippen LogP) is 4.33. The molecule has 1 aliphatic rings. The van der Waals surface area contributed by atoms with E-state index in [2.05, 4.69) is 42.9 Å². The van der Waals surface area contributed by atoms with Gasteiger partial charge in [0.2, 0.25) is 10.0 Å². The first-order valence-corrected chi connectivity index (χ1v) is 11.7. The Kier molecular flexibility index (Phi) is 6.58. The van der Waals surface area contributed by atoms with E-state index in [-0.39, 0.29) is 26.5 Å². The smallest absolute Gasteiger partial charge is 0.252 e. The second-order valence-electron chi connectivity index (χ2n) is 7.54. The van der Waals surface area contributed by atoms with E-state index in [0.717, 1.165) is 12.8 Å². The molecule has 0 bridgehead atoms. The van der Waals surface area contributed by atoms with E-state index >= 15 is 0 Å². The van der Waals surface area contributed by atoms with Gasteiger partial charge in [-0.15, -0.1) is 0 Å². The molecule has 5 nitrogen and oxygen atoms in total. The van der Waals surface area contributed by atoms with Gasteiger partial charge in [-0.2, -0.15) is 0 Å². The molecule has 1 aliphatic carbocycles. The molecule has 0 aliphatic heterocycles. The summed E-state index contributed by atoms with van der Waals surface area (Å²) in [4.78, 5) is 12.5. The Morgan fingerprint density at radius 2 is 1.66 bits per heavy atom. The van der Waals surface area contributed by atoms with Crippen LogP contribution in [0.1, 0.15) is 45.5 Å². The normalized spacial score (nSPS) is 14.1. The lowest BCUT2D eigenvalue weighted by molar-refractivity contribution is 0.0954. The molecule has 0 atom stereocenters. The van der Waals surface area contributed by atoms with Gasteiger partial charge in [0.1, 0.15) is 4.90 Å². The molecule has 0 heterocycles. The van der Waals surface area contributed by atoms with Gasteiger partial charge in [0.15, 0.2) is 0 Å². The molecular formula is C21H24Cl2N2O3S. The molecule has 2 N–H and O–H groups in total. The zero-order valence-electron chi connectivity index (χ0n) is 16.6. The molecule has 2 aromatic carbocycles. The first kappa shape index (κ1) is 22.1. The van der Waals surface area contributed by atoms with Crippen LogP contribution in [0.2, 0.25) is 10.0 Å². The highest BCUT2D eigenvalue weighted by atomic mass is 35.5. The number of carbonyl (C=O) groups is 1. The quantitative estimate of drug-likeness (QED) is 0.653. The number of amides is 1. The van der Waals surface area contributed by atoms with E-state index in [1.807, 2.05) is 0 Å². The van der Waals surface area contributed by atoms with Crippen molar-refractivity contribution in [1.82, 2.24) is 10.0 Å². The van der Waals surface area contributed by atoms with Crippen molar-refractivity contribution < 1.29 is 13.2 Å². The van der Waals surface area contributed by atoms with Crippen LogP contribution in [-0.4, -0.2) is 26.9 Å². The van der Waals surface area contributed by atoms with Crippen molar-refractivity contribution in [2.75, 3.05) is 6.54 Å². The third kappa shape index (κ3) is 5.31. The van der Waals surface area contributed by atoms with Gasteiger partial charge >= 0.3 is 0 Å². The molecule has 1 amide bonds. The van der Waals surface area contributed by atoms with Crippen molar-refractivity contribution in [3.63, 3.8) is 0 Å². The fourth-order valence-corrected chi connectivity index (χ4v) is 5.56. The fraction of sp³-hybridized carbons (Fsp3) is 0.381. The Labute approximate surface area is 181 Å². The maximum absolute atomic E-state index is 12.7. The lowest BCUT2D eigenvalue weighted by atomic mass is 9.97. The minimum Gasteiger partial charge on any atom is -0.352 e. The summed E-state index contributed by atoms with van der Waals surface area (Å²) in [5.41, 5.74) is 4.84. The predicted molar refractivity (Wildman–Crippen MR) is 116 cm³/mol. The van der Waals surface area contributed by atoms with E-state index in [1.165, 1.54) is 34.4 Å². The van der Waals surface area contributed by atoms with Crippen LogP contribution >= 0.6 is 23.2 Å². The first-order chi connectivity index (χ1) is 13.6. The van der Waals surface area contributed by atoms with Gasteiger partial charge < -0.3 is 5.32 Å². The zero-order valence-corrected chi connectivity index (χ0v) is 18.9.